The van der Waals surface area contributed by atoms with Crippen LogP contribution in [0.5, 0.6) is 11.5 Å². The van der Waals surface area contributed by atoms with Crippen LogP contribution in [0.1, 0.15) is 18.4 Å². The summed E-state index contributed by atoms with van der Waals surface area (Å²) in [6.45, 7) is 0. The Kier molecular flexibility index (Phi) is 2.44. The summed E-state index contributed by atoms with van der Waals surface area (Å²) in [7, 11) is 0. The molecule has 2 N–H and O–H groups in total. The molecule has 1 spiro atoms. The molecule has 0 aromatic heterocycles. The number of hydrazone groups is 1. The highest BCUT2D eigenvalue weighted by Crippen LogP contribution is 2.73. The lowest BCUT2D eigenvalue weighted by atomic mass is 9.85. The molecule has 3 aliphatic carbocycles. The van der Waals surface area contributed by atoms with Gasteiger partial charge >= 0.3 is 0 Å². The number of carbonyl (C=O) groups is 2. The second-order valence-electron chi connectivity index (χ2n) is 7.20. The molecule has 0 radical (unpaired) electrons. The van der Waals surface area contributed by atoms with Gasteiger partial charge in [0, 0.05) is 11.6 Å². The summed E-state index contributed by atoms with van der Waals surface area (Å²) in [5.74, 6) is -0.898. The fourth-order valence-corrected chi connectivity index (χ4v) is 4.94. The van der Waals surface area contributed by atoms with Crippen LogP contribution >= 0.6 is 0 Å². The summed E-state index contributed by atoms with van der Waals surface area (Å²) < 4.78 is 0. The van der Waals surface area contributed by atoms with E-state index in [1.807, 2.05) is 0 Å². The normalized spacial score (nSPS) is 34.8. The van der Waals surface area contributed by atoms with E-state index in [0.717, 1.165) is 17.9 Å². The number of nitrogens with zero attached hydrogens (tertiary/aromatic N) is 2. The van der Waals surface area contributed by atoms with Crippen LogP contribution in [0, 0.1) is 29.1 Å². The Labute approximate surface area is 138 Å². The van der Waals surface area contributed by atoms with E-state index in [9.17, 15) is 19.8 Å². The lowest BCUT2D eigenvalue weighted by molar-refractivity contribution is -0.141. The quantitative estimate of drug-likeness (QED) is 0.491. The number of phenolic OH excluding ortho intramolecular Hbond substituents is 2. The fourth-order valence-electron chi connectivity index (χ4n) is 4.94. The van der Waals surface area contributed by atoms with Gasteiger partial charge in [-0.05, 0) is 42.2 Å². The van der Waals surface area contributed by atoms with Gasteiger partial charge in [-0.15, -0.1) is 0 Å². The maximum absolute atomic E-state index is 12.7. The minimum atomic E-state index is -0.277. The summed E-state index contributed by atoms with van der Waals surface area (Å²) >= 11 is 0. The smallest absolute Gasteiger partial charge is 0.254 e. The first-order valence-corrected chi connectivity index (χ1v) is 8.15. The van der Waals surface area contributed by atoms with Gasteiger partial charge in [0.05, 0.1) is 18.1 Å². The lowest BCUT2D eigenvalue weighted by Gasteiger charge is -2.18. The van der Waals surface area contributed by atoms with Crippen molar-refractivity contribution in [3.63, 3.8) is 0 Å². The number of benzene rings is 1. The zero-order valence-electron chi connectivity index (χ0n) is 12.8. The van der Waals surface area contributed by atoms with E-state index in [2.05, 4.69) is 17.3 Å². The minimum absolute atomic E-state index is 0.0649. The van der Waals surface area contributed by atoms with Gasteiger partial charge in [-0.1, -0.05) is 12.2 Å². The Morgan fingerprint density at radius 2 is 1.71 bits per heavy atom. The molecule has 1 aromatic carbocycles. The molecule has 0 unspecified atom stereocenters. The van der Waals surface area contributed by atoms with Crippen LogP contribution in [0.3, 0.4) is 0 Å². The largest absolute Gasteiger partial charge is 0.508 e. The van der Waals surface area contributed by atoms with Gasteiger partial charge in [-0.25, -0.2) is 0 Å². The Balaban J connectivity index is 1.44. The topological polar surface area (TPSA) is 90.2 Å². The first kappa shape index (κ1) is 13.8. The average Bonchev–Trinajstić information content (AvgIpc) is 3.15. The van der Waals surface area contributed by atoms with Crippen molar-refractivity contribution in [3.05, 3.63) is 35.9 Å². The third kappa shape index (κ3) is 1.53. The molecular formula is C18H16N2O4. The van der Waals surface area contributed by atoms with Gasteiger partial charge < -0.3 is 10.2 Å². The van der Waals surface area contributed by atoms with Crippen molar-refractivity contribution in [2.24, 2.45) is 34.2 Å². The predicted molar refractivity (Wildman–Crippen MR) is 84.0 cm³/mol. The van der Waals surface area contributed by atoms with Crippen LogP contribution in [0.15, 0.2) is 35.5 Å². The number of aromatic hydroxyl groups is 2. The number of amides is 2. The number of hydrogen-bond acceptors (Lipinski definition) is 5. The van der Waals surface area contributed by atoms with E-state index < -0.39 is 0 Å². The number of allylic oxidation sites excluding steroid dienone is 2. The number of phenols is 2. The second-order valence-corrected chi connectivity index (χ2v) is 7.20. The average molecular weight is 324 g/mol. The van der Waals surface area contributed by atoms with Crippen LogP contribution < -0.4 is 0 Å². The van der Waals surface area contributed by atoms with Crippen LogP contribution in [-0.4, -0.2) is 33.3 Å². The van der Waals surface area contributed by atoms with Crippen molar-refractivity contribution in [2.75, 3.05) is 0 Å². The molecular weight excluding hydrogens is 308 g/mol. The van der Waals surface area contributed by atoms with Crippen LogP contribution in [0.4, 0.5) is 0 Å². The predicted octanol–water partition coefficient (Wildman–Crippen LogP) is 1.63. The second kappa shape index (κ2) is 4.26. The zero-order chi connectivity index (χ0) is 16.6. The molecule has 1 aliphatic heterocycles. The molecule has 4 aliphatic rings. The number of fused-ring (bicyclic) bond motifs is 3. The van der Waals surface area contributed by atoms with Gasteiger partial charge in [-0.3, -0.25) is 9.59 Å². The molecule has 6 heteroatoms. The summed E-state index contributed by atoms with van der Waals surface area (Å²) in [5.41, 5.74) is 0.510. The first-order chi connectivity index (χ1) is 11.5. The van der Waals surface area contributed by atoms with Crippen molar-refractivity contribution in [1.29, 1.82) is 0 Å². The summed E-state index contributed by atoms with van der Waals surface area (Å²) in [5, 5.41) is 24.1. The number of imide groups is 1. The van der Waals surface area contributed by atoms with E-state index in [4.69, 9.17) is 0 Å². The highest BCUT2D eigenvalue weighted by atomic mass is 16.3. The molecule has 2 bridgehead atoms. The number of hydrogen-bond donors (Lipinski definition) is 2. The van der Waals surface area contributed by atoms with E-state index in [0.29, 0.717) is 5.56 Å². The van der Waals surface area contributed by atoms with Gasteiger partial charge in [0.1, 0.15) is 11.5 Å². The van der Waals surface area contributed by atoms with Crippen molar-refractivity contribution < 1.29 is 19.8 Å². The van der Waals surface area contributed by atoms with Crippen LogP contribution in [0.25, 0.3) is 0 Å². The number of rotatable bonds is 2. The van der Waals surface area contributed by atoms with Crippen molar-refractivity contribution in [1.82, 2.24) is 5.01 Å². The Morgan fingerprint density at radius 1 is 1.08 bits per heavy atom. The molecule has 24 heavy (non-hydrogen) atoms. The molecule has 1 saturated heterocycles. The van der Waals surface area contributed by atoms with Gasteiger partial charge in [-0.2, -0.15) is 10.1 Å². The highest BCUT2D eigenvalue weighted by molar-refractivity contribution is 6.07. The highest BCUT2D eigenvalue weighted by Gasteiger charge is 2.73. The summed E-state index contributed by atoms with van der Waals surface area (Å²) in [6, 6.07) is 4.07. The standard InChI is InChI=1S/C18H16N2O4/c21-10-2-1-9(13(22)7-10)8-19-20-16(23)14-11-3-4-12(15(14)17(20)24)18(11)5-6-18/h1-4,7-8,11-12,14-15,21-22H,5-6H2/b19-8+/t11-,12+,14+,15-. The minimum Gasteiger partial charge on any atom is -0.508 e. The van der Waals surface area contributed by atoms with Gasteiger partial charge in [0.25, 0.3) is 11.8 Å². The summed E-state index contributed by atoms with van der Waals surface area (Å²) in [6.07, 6.45) is 7.72. The molecule has 122 valence electrons. The molecule has 5 rings (SSSR count). The van der Waals surface area contributed by atoms with Gasteiger partial charge in [0.15, 0.2) is 0 Å². The molecule has 2 saturated carbocycles. The molecule has 4 atom stereocenters. The molecule has 3 fully saturated rings. The van der Waals surface area contributed by atoms with E-state index in [1.54, 1.807) is 0 Å². The Morgan fingerprint density at radius 3 is 2.25 bits per heavy atom. The Hall–Kier alpha value is -2.63. The van der Waals surface area contributed by atoms with E-state index in [-0.39, 0.29) is 52.4 Å². The van der Waals surface area contributed by atoms with Crippen molar-refractivity contribution in [2.45, 2.75) is 12.8 Å². The van der Waals surface area contributed by atoms with Crippen LogP contribution in [-0.2, 0) is 9.59 Å². The van der Waals surface area contributed by atoms with Crippen molar-refractivity contribution in [3.8, 4) is 11.5 Å². The third-order valence-electron chi connectivity index (χ3n) is 6.16. The Bertz CT molecular complexity index is 805. The summed E-state index contributed by atoms with van der Waals surface area (Å²) in [4.78, 5) is 25.4. The molecule has 1 heterocycles. The lowest BCUT2D eigenvalue weighted by Crippen LogP contribution is -2.30. The molecule has 6 nitrogen and oxygen atoms in total. The molecule has 1 aromatic rings. The number of carbonyl (C=O) groups excluding carboxylic acids is 2. The fraction of sp³-hybridized carbons (Fsp3) is 0.389. The third-order valence-corrected chi connectivity index (χ3v) is 6.16. The van der Waals surface area contributed by atoms with Crippen LogP contribution in [0.2, 0.25) is 0 Å². The SMILES string of the molecule is O=C1[C@@H]2[C@H](C(=O)N1/N=C/c1ccc(O)cc1O)[C@@H]1C=C[C@H]2C12CC2. The van der Waals surface area contributed by atoms with Crippen molar-refractivity contribution >= 4 is 18.0 Å². The molecule has 2 amide bonds. The van der Waals surface area contributed by atoms with Gasteiger partial charge in [0.2, 0.25) is 0 Å². The maximum atomic E-state index is 12.7. The van der Waals surface area contributed by atoms with E-state index in [1.165, 1.54) is 24.4 Å². The maximum Gasteiger partial charge on any atom is 0.254 e. The first-order valence-electron chi connectivity index (χ1n) is 8.15. The zero-order valence-corrected chi connectivity index (χ0v) is 12.8. The van der Waals surface area contributed by atoms with E-state index >= 15 is 0 Å². The monoisotopic (exact) mass is 324 g/mol.